The molecular formula is C12H16O2. The number of benzene rings is 1. The van der Waals surface area contributed by atoms with Gasteiger partial charge in [-0.1, -0.05) is 13.8 Å². The van der Waals surface area contributed by atoms with Crippen LogP contribution >= 0.6 is 0 Å². The van der Waals surface area contributed by atoms with Crippen LogP contribution in [0.15, 0.2) is 18.2 Å². The molecule has 2 nitrogen and oxygen atoms in total. The molecule has 0 saturated carbocycles. The van der Waals surface area contributed by atoms with Gasteiger partial charge >= 0.3 is 0 Å². The predicted molar refractivity (Wildman–Crippen MR) is 56.9 cm³/mol. The first-order valence-electron chi connectivity index (χ1n) is 4.82. The van der Waals surface area contributed by atoms with Crippen LogP contribution in [0.5, 0.6) is 5.75 Å². The van der Waals surface area contributed by atoms with Crippen LogP contribution in [0.1, 0.15) is 29.8 Å². The molecule has 0 atom stereocenters. The van der Waals surface area contributed by atoms with Gasteiger partial charge in [0.2, 0.25) is 0 Å². The molecule has 1 rings (SSSR count). The van der Waals surface area contributed by atoms with Crippen molar-refractivity contribution in [2.24, 2.45) is 5.92 Å². The summed E-state index contributed by atoms with van der Waals surface area (Å²) in [6, 6.07) is 5.52. The smallest absolute Gasteiger partial charge is 0.150 e. The number of aryl methyl sites for hydroxylation is 1. The molecule has 0 heterocycles. The van der Waals surface area contributed by atoms with Crippen LogP contribution in [0, 0.1) is 12.8 Å². The number of hydrogen-bond donors (Lipinski definition) is 0. The van der Waals surface area contributed by atoms with Crippen LogP contribution < -0.4 is 4.74 Å². The summed E-state index contributed by atoms with van der Waals surface area (Å²) < 4.78 is 5.53. The van der Waals surface area contributed by atoms with Gasteiger partial charge in [0.1, 0.15) is 12.0 Å². The van der Waals surface area contributed by atoms with Gasteiger partial charge in [-0.05, 0) is 36.6 Å². The highest BCUT2D eigenvalue weighted by Gasteiger charge is 2.00. The Hall–Kier alpha value is -1.31. The standard InChI is InChI=1S/C12H16O2/c1-9(2)8-14-12-5-4-11(7-13)10(3)6-12/h4-7,9H,8H2,1-3H3. The Balaban J connectivity index is 2.71. The number of aldehydes is 1. The summed E-state index contributed by atoms with van der Waals surface area (Å²) in [5.41, 5.74) is 1.68. The van der Waals surface area contributed by atoms with Crippen LogP contribution in [-0.4, -0.2) is 12.9 Å². The van der Waals surface area contributed by atoms with Crippen LogP contribution in [0.4, 0.5) is 0 Å². The zero-order valence-corrected chi connectivity index (χ0v) is 8.91. The fraction of sp³-hybridized carbons (Fsp3) is 0.417. The molecule has 2 heteroatoms. The van der Waals surface area contributed by atoms with E-state index in [0.717, 1.165) is 23.2 Å². The molecule has 0 radical (unpaired) electrons. The molecule has 0 unspecified atom stereocenters. The van der Waals surface area contributed by atoms with E-state index < -0.39 is 0 Å². The van der Waals surface area contributed by atoms with Crippen LogP contribution in [0.2, 0.25) is 0 Å². The minimum absolute atomic E-state index is 0.515. The molecule has 0 amide bonds. The molecule has 0 aliphatic carbocycles. The van der Waals surface area contributed by atoms with Crippen molar-refractivity contribution in [3.05, 3.63) is 29.3 Å². The predicted octanol–water partition coefficient (Wildman–Crippen LogP) is 2.84. The topological polar surface area (TPSA) is 26.3 Å². The van der Waals surface area contributed by atoms with Gasteiger partial charge in [0.05, 0.1) is 6.61 Å². The number of ether oxygens (including phenoxy) is 1. The number of rotatable bonds is 4. The van der Waals surface area contributed by atoms with Crippen molar-refractivity contribution in [1.29, 1.82) is 0 Å². The minimum Gasteiger partial charge on any atom is -0.493 e. The van der Waals surface area contributed by atoms with Crippen molar-refractivity contribution >= 4 is 6.29 Å². The summed E-state index contributed by atoms with van der Waals surface area (Å²) >= 11 is 0. The van der Waals surface area contributed by atoms with Crippen molar-refractivity contribution in [2.45, 2.75) is 20.8 Å². The lowest BCUT2D eigenvalue weighted by Crippen LogP contribution is -2.04. The van der Waals surface area contributed by atoms with E-state index in [2.05, 4.69) is 13.8 Å². The maximum absolute atomic E-state index is 10.6. The number of hydrogen-bond acceptors (Lipinski definition) is 2. The Bertz CT molecular complexity index is 316. The second kappa shape index (κ2) is 4.80. The van der Waals surface area contributed by atoms with Gasteiger partial charge in [-0.15, -0.1) is 0 Å². The van der Waals surface area contributed by atoms with E-state index in [0.29, 0.717) is 12.5 Å². The lowest BCUT2D eigenvalue weighted by atomic mass is 10.1. The third-order valence-electron chi connectivity index (χ3n) is 1.95. The molecule has 1 aromatic rings. The molecule has 0 bridgehead atoms. The SMILES string of the molecule is Cc1cc(OCC(C)C)ccc1C=O. The first-order chi connectivity index (χ1) is 6.63. The van der Waals surface area contributed by atoms with E-state index in [1.807, 2.05) is 19.1 Å². The lowest BCUT2D eigenvalue weighted by molar-refractivity contribution is 0.112. The van der Waals surface area contributed by atoms with Crippen LogP contribution in [0.25, 0.3) is 0 Å². The fourth-order valence-corrected chi connectivity index (χ4v) is 1.13. The van der Waals surface area contributed by atoms with Crippen LogP contribution in [0.3, 0.4) is 0 Å². The van der Waals surface area contributed by atoms with Gasteiger partial charge in [0.15, 0.2) is 0 Å². The first kappa shape index (κ1) is 10.8. The van der Waals surface area contributed by atoms with Gasteiger partial charge in [-0.3, -0.25) is 4.79 Å². The molecule has 0 spiro atoms. The van der Waals surface area contributed by atoms with Crippen molar-refractivity contribution in [1.82, 2.24) is 0 Å². The Morgan fingerprint density at radius 3 is 2.64 bits per heavy atom. The molecule has 0 aliphatic heterocycles. The average molecular weight is 192 g/mol. The van der Waals surface area contributed by atoms with Crippen molar-refractivity contribution < 1.29 is 9.53 Å². The molecular weight excluding hydrogens is 176 g/mol. The molecule has 14 heavy (non-hydrogen) atoms. The molecule has 0 N–H and O–H groups in total. The van der Waals surface area contributed by atoms with Gasteiger partial charge in [-0.2, -0.15) is 0 Å². The highest BCUT2D eigenvalue weighted by atomic mass is 16.5. The van der Waals surface area contributed by atoms with E-state index in [4.69, 9.17) is 4.74 Å². The van der Waals surface area contributed by atoms with E-state index >= 15 is 0 Å². The lowest BCUT2D eigenvalue weighted by Gasteiger charge is -2.09. The third-order valence-corrected chi connectivity index (χ3v) is 1.95. The monoisotopic (exact) mass is 192 g/mol. The van der Waals surface area contributed by atoms with Gasteiger partial charge < -0.3 is 4.74 Å². The highest BCUT2D eigenvalue weighted by Crippen LogP contribution is 2.16. The molecule has 0 saturated heterocycles. The van der Waals surface area contributed by atoms with Crippen LogP contribution in [-0.2, 0) is 0 Å². The fourth-order valence-electron chi connectivity index (χ4n) is 1.13. The molecule has 1 aromatic carbocycles. The van der Waals surface area contributed by atoms with Crippen molar-refractivity contribution in [3.63, 3.8) is 0 Å². The first-order valence-corrected chi connectivity index (χ1v) is 4.82. The summed E-state index contributed by atoms with van der Waals surface area (Å²) in [6.45, 7) is 6.82. The summed E-state index contributed by atoms with van der Waals surface area (Å²) in [5.74, 6) is 1.35. The summed E-state index contributed by atoms with van der Waals surface area (Å²) in [6.07, 6.45) is 0.863. The minimum atomic E-state index is 0.515. The maximum atomic E-state index is 10.6. The van der Waals surface area contributed by atoms with E-state index in [9.17, 15) is 4.79 Å². The third kappa shape index (κ3) is 2.87. The van der Waals surface area contributed by atoms with Gasteiger partial charge in [0, 0.05) is 5.56 Å². The van der Waals surface area contributed by atoms with Crippen molar-refractivity contribution in [2.75, 3.05) is 6.61 Å². The summed E-state index contributed by atoms with van der Waals surface area (Å²) in [5, 5.41) is 0. The zero-order chi connectivity index (χ0) is 10.6. The Kier molecular flexibility index (Phi) is 3.69. The Morgan fingerprint density at radius 1 is 1.43 bits per heavy atom. The van der Waals surface area contributed by atoms with E-state index in [-0.39, 0.29) is 0 Å². The number of carbonyl (C=O) groups excluding carboxylic acids is 1. The second-order valence-corrected chi connectivity index (χ2v) is 3.84. The normalized spacial score (nSPS) is 10.3. The van der Waals surface area contributed by atoms with Gasteiger partial charge in [0.25, 0.3) is 0 Å². The maximum Gasteiger partial charge on any atom is 0.150 e. The zero-order valence-electron chi connectivity index (χ0n) is 8.91. The van der Waals surface area contributed by atoms with Crippen molar-refractivity contribution in [3.8, 4) is 5.75 Å². The van der Waals surface area contributed by atoms with Gasteiger partial charge in [-0.25, -0.2) is 0 Å². The highest BCUT2D eigenvalue weighted by molar-refractivity contribution is 5.77. The average Bonchev–Trinajstić information content (AvgIpc) is 2.15. The van der Waals surface area contributed by atoms with E-state index in [1.54, 1.807) is 6.07 Å². The largest absolute Gasteiger partial charge is 0.493 e. The molecule has 0 aromatic heterocycles. The molecule has 0 aliphatic rings. The summed E-state index contributed by atoms with van der Waals surface area (Å²) in [4.78, 5) is 10.6. The quantitative estimate of drug-likeness (QED) is 0.686. The molecule has 0 fully saturated rings. The Labute approximate surface area is 84.9 Å². The van der Waals surface area contributed by atoms with E-state index in [1.165, 1.54) is 0 Å². The summed E-state index contributed by atoms with van der Waals surface area (Å²) in [7, 11) is 0. The Morgan fingerprint density at radius 2 is 2.14 bits per heavy atom. The second-order valence-electron chi connectivity index (χ2n) is 3.84. The number of carbonyl (C=O) groups is 1. The molecule has 76 valence electrons.